The number of amides is 1. The average molecular weight is 722 g/mol. The smallest absolute Gasteiger partial charge is 0.390 e. The molecule has 1 amide bonds. The van der Waals surface area contributed by atoms with E-state index in [4.69, 9.17) is 46.5 Å². The van der Waals surface area contributed by atoms with Crippen LogP contribution in [-0.4, -0.2) is 131 Å². The van der Waals surface area contributed by atoms with E-state index in [1.807, 2.05) is 6.92 Å². The van der Waals surface area contributed by atoms with Gasteiger partial charge >= 0.3 is 15.6 Å². The fraction of sp³-hybridized carbons (Fsp3) is 0.893. The number of aliphatic hydroxyl groups is 1. The van der Waals surface area contributed by atoms with Crippen LogP contribution in [0.1, 0.15) is 40.5 Å². The fourth-order valence-electron chi connectivity index (χ4n) is 4.53. The Bertz CT molecular complexity index is 1030. The van der Waals surface area contributed by atoms with E-state index in [1.54, 1.807) is 20.8 Å². The second kappa shape index (κ2) is 21.4. The molecule has 0 aromatic heterocycles. The van der Waals surface area contributed by atoms with Crippen molar-refractivity contribution in [2.45, 2.75) is 64.4 Å². The lowest BCUT2D eigenvalue weighted by atomic mass is 9.84. The molecule has 2 aliphatic heterocycles. The van der Waals surface area contributed by atoms with Gasteiger partial charge in [-0.25, -0.2) is 9.13 Å². The lowest BCUT2D eigenvalue weighted by Crippen LogP contribution is -2.42. The lowest BCUT2D eigenvalue weighted by molar-refractivity contribution is -0.126. The van der Waals surface area contributed by atoms with Gasteiger partial charge < -0.3 is 48.6 Å². The summed E-state index contributed by atoms with van der Waals surface area (Å²) in [6.07, 6.45) is -1.29. The quantitative estimate of drug-likeness (QED) is 0.0783. The van der Waals surface area contributed by atoms with E-state index < -0.39 is 39.6 Å². The van der Waals surface area contributed by atoms with E-state index in [1.165, 1.54) is 0 Å². The third kappa shape index (κ3) is 18.6. The zero-order valence-electron chi connectivity index (χ0n) is 27.7. The monoisotopic (exact) mass is 721 g/mol. The average Bonchev–Trinajstić information content (AvgIpc) is 3.33. The third-order valence-electron chi connectivity index (χ3n) is 6.73. The van der Waals surface area contributed by atoms with Gasteiger partial charge in [0.2, 0.25) is 5.91 Å². The predicted molar refractivity (Wildman–Crippen MR) is 166 cm³/mol. The SMILES string of the molecule is C=C1NC(=O)C(C)CC1C1CC(O)C(COP(=O)(O)OCCOCCOCCOCCOCCOCCOP(=O)(O)OC(C)(C)C)O1. The van der Waals surface area contributed by atoms with Crippen molar-refractivity contribution in [2.75, 3.05) is 85.9 Å². The highest BCUT2D eigenvalue weighted by Gasteiger charge is 2.43. The Hall–Kier alpha value is -0.850. The first-order valence-electron chi connectivity index (χ1n) is 15.6. The topological polar surface area (TPSA) is 216 Å². The van der Waals surface area contributed by atoms with Gasteiger partial charge in [0.25, 0.3) is 0 Å². The van der Waals surface area contributed by atoms with Crippen LogP contribution in [0.4, 0.5) is 0 Å². The van der Waals surface area contributed by atoms with Gasteiger partial charge in [0.05, 0.1) is 104 Å². The molecule has 0 aromatic carbocycles. The summed E-state index contributed by atoms with van der Waals surface area (Å²) in [6.45, 7) is 12.7. The van der Waals surface area contributed by atoms with Crippen molar-refractivity contribution < 1.29 is 75.3 Å². The van der Waals surface area contributed by atoms with Crippen LogP contribution in [0.25, 0.3) is 0 Å². The summed E-state index contributed by atoms with van der Waals surface area (Å²) >= 11 is 0. The number of hydrogen-bond acceptors (Lipinski definition) is 14. The Morgan fingerprint density at radius 3 is 1.70 bits per heavy atom. The third-order valence-corrected chi connectivity index (χ3v) is 9.00. The van der Waals surface area contributed by atoms with Gasteiger partial charge in [0.15, 0.2) is 0 Å². The van der Waals surface area contributed by atoms with Crippen LogP contribution >= 0.6 is 15.6 Å². The molecule has 276 valence electrons. The van der Waals surface area contributed by atoms with Gasteiger partial charge in [-0.3, -0.25) is 22.9 Å². The lowest BCUT2D eigenvalue weighted by Gasteiger charge is -2.32. The number of phosphoric ester groups is 2. The highest BCUT2D eigenvalue weighted by Crippen LogP contribution is 2.47. The fourth-order valence-corrected chi connectivity index (χ4v) is 6.30. The molecule has 19 heteroatoms. The minimum absolute atomic E-state index is 0.0357. The van der Waals surface area contributed by atoms with Crippen molar-refractivity contribution in [3.8, 4) is 0 Å². The van der Waals surface area contributed by atoms with Crippen LogP contribution in [-0.2, 0) is 60.4 Å². The molecule has 47 heavy (non-hydrogen) atoms. The molecule has 7 unspecified atom stereocenters. The Balaban J connectivity index is 1.37. The molecule has 7 atom stereocenters. The molecule has 2 aliphatic rings. The highest BCUT2D eigenvalue weighted by atomic mass is 31.2. The molecule has 0 spiro atoms. The number of piperidine rings is 1. The first kappa shape index (κ1) is 42.3. The summed E-state index contributed by atoms with van der Waals surface area (Å²) in [7, 11) is -8.51. The summed E-state index contributed by atoms with van der Waals surface area (Å²) in [5.74, 6) is -0.479. The second-order valence-corrected chi connectivity index (χ2v) is 14.8. The van der Waals surface area contributed by atoms with Gasteiger partial charge in [-0.1, -0.05) is 13.5 Å². The number of rotatable bonds is 25. The van der Waals surface area contributed by atoms with Gasteiger partial charge in [-0.05, 0) is 27.2 Å². The van der Waals surface area contributed by atoms with Crippen LogP contribution < -0.4 is 5.32 Å². The number of hydrogen-bond donors (Lipinski definition) is 4. The largest absolute Gasteiger partial charge is 0.472 e. The molecular formula is C28H53NO16P2. The first-order chi connectivity index (χ1) is 22.1. The molecule has 2 saturated heterocycles. The molecule has 0 saturated carbocycles. The standard InChI is InChI=1S/C28H53NO16P2/c1-21-18-23(22(2)29-27(21)31)25-19-24(30)26(44-25)20-43-46(32,33)41-16-14-39-12-10-37-8-6-36-7-9-38-11-13-40-15-17-42-47(34,35)45-28(3,4)5/h21,23-26,30H,2,6-20H2,1,3-5H3,(H,29,31)(H,32,33)(H,34,35). The van der Waals surface area contributed by atoms with E-state index in [0.29, 0.717) is 45.2 Å². The van der Waals surface area contributed by atoms with E-state index in [0.717, 1.165) is 0 Å². The zero-order valence-corrected chi connectivity index (χ0v) is 29.5. The number of ether oxygens (including phenoxy) is 6. The Labute approximate surface area is 276 Å². The van der Waals surface area contributed by atoms with Gasteiger partial charge in [0, 0.05) is 24.0 Å². The van der Waals surface area contributed by atoms with Gasteiger partial charge in [0.1, 0.15) is 6.10 Å². The number of carbonyl (C=O) groups is 1. The molecule has 0 radical (unpaired) electrons. The van der Waals surface area contributed by atoms with Crippen molar-refractivity contribution in [1.29, 1.82) is 0 Å². The first-order valence-corrected chi connectivity index (χ1v) is 18.6. The van der Waals surface area contributed by atoms with E-state index in [2.05, 4.69) is 11.9 Å². The van der Waals surface area contributed by atoms with Crippen LogP contribution in [0.2, 0.25) is 0 Å². The summed E-state index contributed by atoms with van der Waals surface area (Å²) in [4.78, 5) is 31.3. The maximum atomic E-state index is 12.2. The van der Waals surface area contributed by atoms with Crippen molar-refractivity contribution in [2.24, 2.45) is 11.8 Å². The van der Waals surface area contributed by atoms with E-state index >= 15 is 0 Å². The van der Waals surface area contributed by atoms with Crippen LogP contribution in [0.3, 0.4) is 0 Å². The maximum absolute atomic E-state index is 12.2. The Morgan fingerprint density at radius 1 is 0.787 bits per heavy atom. The molecule has 0 aromatic rings. The predicted octanol–water partition coefficient (Wildman–Crippen LogP) is 1.94. The summed E-state index contributed by atoms with van der Waals surface area (Å²) < 4.78 is 76.2. The number of carbonyl (C=O) groups excluding carboxylic acids is 1. The summed E-state index contributed by atoms with van der Waals surface area (Å²) in [5.41, 5.74) is -0.261. The second-order valence-electron chi connectivity index (χ2n) is 11.9. The molecule has 17 nitrogen and oxygen atoms in total. The van der Waals surface area contributed by atoms with Crippen LogP contribution in [0.15, 0.2) is 12.3 Å². The van der Waals surface area contributed by atoms with Crippen molar-refractivity contribution in [3.05, 3.63) is 12.3 Å². The molecular weight excluding hydrogens is 668 g/mol. The van der Waals surface area contributed by atoms with Crippen molar-refractivity contribution in [3.63, 3.8) is 0 Å². The number of nitrogens with one attached hydrogen (secondary N) is 1. The molecule has 2 rings (SSSR count). The Kier molecular flexibility index (Phi) is 19.3. The normalized spacial score (nSPS) is 26.2. The summed E-state index contributed by atoms with van der Waals surface area (Å²) in [6, 6.07) is 0. The van der Waals surface area contributed by atoms with Crippen LogP contribution in [0, 0.1) is 11.8 Å². The van der Waals surface area contributed by atoms with Gasteiger partial charge in [-0.15, -0.1) is 0 Å². The van der Waals surface area contributed by atoms with E-state index in [9.17, 15) is 28.8 Å². The highest BCUT2D eigenvalue weighted by molar-refractivity contribution is 7.47. The molecule has 2 heterocycles. The minimum Gasteiger partial charge on any atom is -0.390 e. The van der Waals surface area contributed by atoms with Crippen LogP contribution in [0.5, 0.6) is 0 Å². The summed E-state index contributed by atoms with van der Waals surface area (Å²) in [5, 5.41) is 13.1. The minimum atomic E-state index is -4.39. The number of phosphoric acid groups is 2. The Morgan fingerprint density at radius 2 is 1.23 bits per heavy atom. The molecule has 0 bridgehead atoms. The van der Waals surface area contributed by atoms with E-state index in [-0.39, 0.29) is 77.0 Å². The molecule has 2 fully saturated rings. The zero-order chi connectivity index (χ0) is 34.9. The molecule has 0 aliphatic carbocycles. The van der Waals surface area contributed by atoms with Crippen molar-refractivity contribution >= 4 is 21.6 Å². The maximum Gasteiger partial charge on any atom is 0.472 e. The van der Waals surface area contributed by atoms with Crippen molar-refractivity contribution in [1.82, 2.24) is 5.32 Å². The number of aliphatic hydroxyl groups excluding tert-OH is 1. The molecule has 4 N–H and O–H groups in total. The van der Waals surface area contributed by atoms with Gasteiger partial charge in [-0.2, -0.15) is 0 Å².